The van der Waals surface area contributed by atoms with Crippen LogP contribution in [0.2, 0.25) is 0 Å². The van der Waals surface area contributed by atoms with E-state index in [1.54, 1.807) is 6.20 Å². The molecule has 0 radical (unpaired) electrons. The maximum atomic E-state index is 4.63. The predicted molar refractivity (Wildman–Crippen MR) is 103 cm³/mol. The van der Waals surface area contributed by atoms with Crippen molar-refractivity contribution in [3.05, 3.63) is 65.9 Å². The Morgan fingerprint density at radius 2 is 1.76 bits per heavy atom. The minimum atomic E-state index is 0.420. The Labute approximate surface area is 148 Å². The fraction of sp³-hybridized carbons (Fsp3) is 0.250. The zero-order chi connectivity index (χ0) is 17.8. The van der Waals surface area contributed by atoms with Crippen molar-refractivity contribution in [3.8, 4) is 0 Å². The predicted octanol–water partition coefficient (Wildman–Crippen LogP) is 4.81. The first-order chi connectivity index (χ1) is 12.1. The lowest BCUT2D eigenvalue weighted by atomic mass is 9.98. The minimum absolute atomic E-state index is 0.420. The van der Waals surface area contributed by atoms with Crippen LogP contribution in [0.4, 0.5) is 23.1 Å². The summed E-state index contributed by atoms with van der Waals surface area (Å²) < 4.78 is 0. The van der Waals surface area contributed by atoms with Gasteiger partial charge in [0, 0.05) is 18.4 Å². The van der Waals surface area contributed by atoms with Crippen LogP contribution in [0, 0.1) is 6.92 Å². The van der Waals surface area contributed by atoms with Crippen molar-refractivity contribution >= 4 is 23.1 Å². The van der Waals surface area contributed by atoms with Crippen molar-refractivity contribution < 1.29 is 0 Å². The summed E-state index contributed by atoms with van der Waals surface area (Å²) in [4.78, 5) is 6.54. The summed E-state index contributed by atoms with van der Waals surface area (Å²) in [5, 5.41) is 11.7. The Morgan fingerprint density at radius 1 is 1.00 bits per heavy atom. The molecule has 0 saturated carbocycles. The first-order valence-electron chi connectivity index (χ1n) is 8.41. The lowest BCUT2D eigenvalue weighted by molar-refractivity contribution is 0.866. The maximum Gasteiger partial charge on any atom is 0.251 e. The van der Waals surface area contributed by atoms with E-state index in [9.17, 15) is 0 Å². The smallest absolute Gasteiger partial charge is 0.251 e. The number of aromatic nitrogens is 3. The van der Waals surface area contributed by atoms with Gasteiger partial charge in [-0.15, -0.1) is 5.10 Å². The molecule has 0 atom stereocenters. The van der Waals surface area contributed by atoms with Crippen LogP contribution >= 0.6 is 0 Å². The molecule has 5 nitrogen and oxygen atoms in total. The second kappa shape index (κ2) is 7.30. The molecule has 0 unspecified atom stereocenters. The van der Waals surface area contributed by atoms with Gasteiger partial charge in [0.25, 0.3) is 5.95 Å². The molecule has 5 heteroatoms. The van der Waals surface area contributed by atoms with Crippen LogP contribution in [0.3, 0.4) is 0 Å². The molecule has 0 aliphatic rings. The third kappa shape index (κ3) is 3.76. The molecule has 2 aromatic carbocycles. The molecule has 3 rings (SSSR count). The van der Waals surface area contributed by atoms with Crippen LogP contribution in [0.15, 0.2) is 54.7 Å². The summed E-state index contributed by atoms with van der Waals surface area (Å²) in [6.45, 7) is 6.47. The Kier molecular flexibility index (Phi) is 4.93. The summed E-state index contributed by atoms with van der Waals surface area (Å²) in [7, 11) is 1.93. The fourth-order valence-electron chi connectivity index (χ4n) is 2.73. The monoisotopic (exact) mass is 333 g/mol. The first-order valence-corrected chi connectivity index (χ1v) is 8.41. The highest BCUT2D eigenvalue weighted by Gasteiger charge is 2.12. The Balaban J connectivity index is 1.91. The van der Waals surface area contributed by atoms with E-state index in [1.807, 2.05) is 42.3 Å². The van der Waals surface area contributed by atoms with Gasteiger partial charge in [-0.05, 0) is 36.1 Å². The first kappa shape index (κ1) is 16.9. The van der Waals surface area contributed by atoms with Crippen LogP contribution < -0.4 is 10.2 Å². The number of hydrogen-bond donors (Lipinski definition) is 1. The Hall–Kier alpha value is -2.95. The molecular weight excluding hydrogens is 310 g/mol. The number of benzene rings is 2. The van der Waals surface area contributed by atoms with Gasteiger partial charge in [0.05, 0.1) is 6.20 Å². The second-order valence-corrected chi connectivity index (χ2v) is 6.36. The number of nitrogens with one attached hydrogen (secondary N) is 1. The van der Waals surface area contributed by atoms with E-state index in [1.165, 1.54) is 11.1 Å². The Morgan fingerprint density at radius 3 is 2.48 bits per heavy atom. The number of anilines is 4. The SMILES string of the molecule is Cc1cccc(C(C)C)c1Nc1cnnc(N(C)c2ccccc2)n1. The van der Waals surface area contributed by atoms with E-state index in [0.717, 1.165) is 11.4 Å². The summed E-state index contributed by atoms with van der Waals surface area (Å²) in [5.41, 5.74) is 4.55. The largest absolute Gasteiger partial charge is 0.338 e. The summed E-state index contributed by atoms with van der Waals surface area (Å²) >= 11 is 0. The summed E-state index contributed by atoms with van der Waals surface area (Å²) in [5.74, 6) is 1.66. The minimum Gasteiger partial charge on any atom is -0.338 e. The average Bonchev–Trinajstić information content (AvgIpc) is 2.63. The highest BCUT2D eigenvalue weighted by atomic mass is 15.3. The van der Waals surface area contributed by atoms with Crippen LogP contribution in [0.1, 0.15) is 30.9 Å². The number of aryl methyl sites for hydroxylation is 1. The van der Waals surface area contributed by atoms with Crippen molar-refractivity contribution in [2.45, 2.75) is 26.7 Å². The van der Waals surface area contributed by atoms with Gasteiger partial charge in [0.1, 0.15) is 0 Å². The van der Waals surface area contributed by atoms with Crippen LogP contribution in [0.25, 0.3) is 0 Å². The van der Waals surface area contributed by atoms with Gasteiger partial charge in [-0.25, -0.2) is 0 Å². The quantitative estimate of drug-likeness (QED) is 0.726. The van der Waals surface area contributed by atoms with Gasteiger partial charge in [-0.2, -0.15) is 10.1 Å². The van der Waals surface area contributed by atoms with Gasteiger partial charge in [-0.1, -0.05) is 50.2 Å². The molecule has 3 aromatic rings. The number of rotatable bonds is 5. The fourth-order valence-corrected chi connectivity index (χ4v) is 2.73. The third-order valence-corrected chi connectivity index (χ3v) is 4.17. The van der Waals surface area contributed by atoms with Crippen LogP contribution in [0.5, 0.6) is 0 Å². The summed E-state index contributed by atoms with van der Waals surface area (Å²) in [6, 6.07) is 16.3. The van der Waals surface area contributed by atoms with E-state index in [0.29, 0.717) is 17.7 Å². The zero-order valence-corrected chi connectivity index (χ0v) is 15.1. The molecule has 0 amide bonds. The molecule has 0 aliphatic heterocycles. The lowest BCUT2D eigenvalue weighted by Gasteiger charge is -2.19. The molecule has 1 aromatic heterocycles. The van der Waals surface area contributed by atoms with Crippen molar-refractivity contribution in [3.63, 3.8) is 0 Å². The van der Waals surface area contributed by atoms with E-state index in [-0.39, 0.29) is 0 Å². The van der Waals surface area contributed by atoms with Gasteiger partial charge < -0.3 is 10.2 Å². The average molecular weight is 333 g/mol. The van der Waals surface area contributed by atoms with Gasteiger partial charge >= 0.3 is 0 Å². The highest BCUT2D eigenvalue weighted by Crippen LogP contribution is 2.30. The third-order valence-electron chi connectivity index (χ3n) is 4.17. The molecular formula is C20H23N5. The molecule has 1 N–H and O–H groups in total. The molecule has 0 spiro atoms. The lowest BCUT2D eigenvalue weighted by Crippen LogP contribution is -2.14. The Bertz CT molecular complexity index is 846. The molecule has 0 bridgehead atoms. The van der Waals surface area contributed by atoms with Crippen LogP contribution in [-0.4, -0.2) is 22.2 Å². The summed E-state index contributed by atoms with van der Waals surface area (Å²) in [6.07, 6.45) is 1.65. The van der Waals surface area contributed by atoms with Gasteiger partial charge in [-0.3, -0.25) is 0 Å². The van der Waals surface area contributed by atoms with Gasteiger partial charge in [0.2, 0.25) is 0 Å². The van der Waals surface area contributed by atoms with E-state index in [2.05, 4.69) is 59.5 Å². The highest BCUT2D eigenvalue weighted by molar-refractivity contribution is 5.66. The number of hydrogen-bond acceptors (Lipinski definition) is 5. The van der Waals surface area contributed by atoms with E-state index < -0.39 is 0 Å². The van der Waals surface area contributed by atoms with E-state index in [4.69, 9.17) is 0 Å². The molecule has 0 aliphatic carbocycles. The molecule has 0 saturated heterocycles. The van der Waals surface area contributed by atoms with Crippen molar-refractivity contribution in [1.29, 1.82) is 0 Å². The van der Waals surface area contributed by atoms with Crippen molar-refractivity contribution in [2.24, 2.45) is 0 Å². The van der Waals surface area contributed by atoms with Crippen molar-refractivity contribution in [1.82, 2.24) is 15.2 Å². The maximum absolute atomic E-state index is 4.63. The van der Waals surface area contributed by atoms with Crippen molar-refractivity contribution in [2.75, 3.05) is 17.3 Å². The molecule has 0 fully saturated rings. The second-order valence-electron chi connectivity index (χ2n) is 6.36. The molecule has 128 valence electrons. The molecule has 25 heavy (non-hydrogen) atoms. The van der Waals surface area contributed by atoms with Crippen LogP contribution in [-0.2, 0) is 0 Å². The van der Waals surface area contributed by atoms with Gasteiger partial charge in [0.15, 0.2) is 5.82 Å². The zero-order valence-electron chi connectivity index (χ0n) is 15.1. The molecule has 1 heterocycles. The number of para-hydroxylation sites is 2. The topological polar surface area (TPSA) is 53.9 Å². The normalized spacial score (nSPS) is 10.8. The number of nitrogens with zero attached hydrogens (tertiary/aromatic N) is 4. The standard InChI is InChI=1S/C20H23N5/c1-14(2)17-12-8-9-15(3)19(17)22-18-13-21-24-20(23-18)25(4)16-10-6-5-7-11-16/h5-14H,1-4H3,(H,22,23,24). The van der Waals surface area contributed by atoms with E-state index >= 15 is 0 Å².